The lowest BCUT2D eigenvalue weighted by Crippen LogP contribution is -2.12. The van der Waals surface area contributed by atoms with E-state index < -0.39 is 0 Å². The molecular weight excluding hydrogens is 283 g/mol. The highest BCUT2D eigenvalue weighted by atomic mass is 35.5. The number of nitrogens with zero attached hydrogens (tertiary/aromatic N) is 1. The molecule has 2 rings (SSSR count). The van der Waals surface area contributed by atoms with Gasteiger partial charge in [-0.1, -0.05) is 29.3 Å². The highest BCUT2D eigenvalue weighted by Crippen LogP contribution is 2.21. The lowest BCUT2D eigenvalue weighted by molar-refractivity contribution is 0.102. The fourth-order valence-electron chi connectivity index (χ4n) is 1.80. The number of halogens is 2. The van der Waals surface area contributed by atoms with Crippen LogP contribution in [0, 0.1) is 13.8 Å². The number of benzene rings is 1. The number of hydrogen-bond donors (Lipinski definition) is 1. The number of aromatic nitrogens is 1. The van der Waals surface area contributed by atoms with Crippen LogP contribution in [-0.4, -0.2) is 10.9 Å². The van der Waals surface area contributed by atoms with Crippen molar-refractivity contribution >= 4 is 34.8 Å². The van der Waals surface area contributed by atoms with Crippen molar-refractivity contribution in [1.82, 2.24) is 4.98 Å². The SMILES string of the molecule is Cc1cc(C)cc(NC(=O)c2cnc(Cl)c(Cl)c2)c1. The van der Waals surface area contributed by atoms with Crippen LogP contribution in [-0.2, 0) is 0 Å². The molecule has 0 saturated carbocycles. The van der Waals surface area contributed by atoms with Gasteiger partial charge in [-0.05, 0) is 43.2 Å². The number of carbonyl (C=O) groups excluding carboxylic acids is 1. The minimum Gasteiger partial charge on any atom is -0.322 e. The minimum absolute atomic E-state index is 0.185. The predicted molar refractivity (Wildman–Crippen MR) is 78.1 cm³/mol. The summed E-state index contributed by atoms with van der Waals surface area (Å²) in [5.74, 6) is -0.268. The molecule has 0 atom stereocenters. The van der Waals surface area contributed by atoms with Gasteiger partial charge in [-0.25, -0.2) is 4.98 Å². The Kier molecular flexibility index (Phi) is 4.08. The summed E-state index contributed by atoms with van der Waals surface area (Å²) in [6.07, 6.45) is 1.40. The smallest absolute Gasteiger partial charge is 0.257 e. The molecule has 1 amide bonds. The van der Waals surface area contributed by atoms with Crippen molar-refractivity contribution in [3.63, 3.8) is 0 Å². The summed E-state index contributed by atoms with van der Waals surface area (Å²) in [7, 11) is 0. The van der Waals surface area contributed by atoms with E-state index in [0.717, 1.165) is 16.8 Å². The van der Waals surface area contributed by atoms with Crippen LogP contribution in [0.25, 0.3) is 0 Å². The second-order valence-electron chi connectivity index (χ2n) is 4.33. The Labute approximate surface area is 121 Å². The Hall–Kier alpha value is -1.58. The molecular formula is C14H12Cl2N2O. The first-order valence-electron chi connectivity index (χ1n) is 5.66. The van der Waals surface area contributed by atoms with E-state index in [9.17, 15) is 4.79 Å². The topological polar surface area (TPSA) is 42.0 Å². The van der Waals surface area contributed by atoms with E-state index in [1.807, 2.05) is 32.0 Å². The molecule has 0 saturated heterocycles. The molecule has 1 N–H and O–H groups in total. The standard InChI is InChI=1S/C14H12Cl2N2O/c1-8-3-9(2)5-11(4-8)18-14(19)10-6-12(15)13(16)17-7-10/h3-7H,1-2H3,(H,18,19). The number of nitrogens with one attached hydrogen (secondary N) is 1. The molecule has 19 heavy (non-hydrogen) atoms. The third kappa shape index (κ3) is 3.46. The monoisotopic (exact) mass is 294 g/mol. The van der Waals surface area contributed by atoms with Crippen molar-refractivity contribution < 1.29 is 4.79 Å². The van der Waals surface area contributed by atoms with E-state index in [2.05, 4.69) is 10.3 Å². The second-order valence-corrected chi connectivity index (χ2v) is 5.09. The Morgan fingerprint density at radius 1 is 1.11 bits per heavy atom. The number of aryl methyl sites for hydroxylation is 2. The minimum atomic E-state index is -0.268. The molecule has 1 aromatic heterocycles. The number of rotatable bonds is 2. The van der Waals surface area contributed by atoms with Gasteiger partial charge >= 0.3 is 0 Å². The van der Waals surface area contributed by atoms with Crippen molar-refractivity contribution in [1.29, 1.82) is 0 Å². The fraction of sp³-hybridized carbons (Fsp3) is 0.143. The van der Waals surface area contributed by atoms with E-state index in [0.29, 0.717) is 5.56 Å². The summed E-state index contributed by atoms with van der Waals surface area (Å²) in [6, 6.07) is 7.33. The maximum absolute atomic E-state index is 12.0. The molecule has 0 unspecified atom stereocenters. The molecule has 0 bridgehead atoms. The van der Waals surface area contributed by atoms with E-state index in [1.54, 1.807) is 0 Å². The molecule has 0 spiro atoms. The van der Waals surface area contributed by atoms with E-state index in [4.69, 9.17) is 23.2 Å². The van der Waals surface area contributed by atoms with Crippen LogP contribution in [0.5, 0.6) is 0 Å². The summed E-state index contributed by atoms with van der Waals surface area (Å²) < 4.78 is 0. The van der Waals surface area contributed by atoms with Crippen LogP contribution in [0.4, 0.5) is 5.69 Å². The Balaban J connectivity index is 2.22. The molecule has 5 heteroatoms. The summed E-state index contributed by atoms with van der Waals surface area (Å²) >= 11 is 11.5. The van der Waals surface area contributed by atoms with Crippen LogP contribution >= 0.6 is 23.2 Å². The zero-order chi connectivity index (χ0) is 14.0. The third-order valence-electron chi connectivity index (χ3n) is 2.54. The van der Waals surface area contributed by atoms with Crippen molar-refractivity contribution in [2.24, 2.45) is 0 Å². The average Bonchev–Trinajstić information content (AvgIpc) is 2.31. The zero-order valence-electron chi connectivity index (χ0n) is 10.5. The van der Waals surface area contributed by atoms with Gasteiger partial charge in [0.15, 0.2) is 0 Å². The first kappa shape index (κ1) is 13.8. The molecule has 98 valence electrons. The number of hydrogen-bond acceptors (Lipinski definition) is 2. The molecule has 0 aliphatic rings. The van der Waals surface area contributed by atoms with Crippen LogP contribution in [0.15, 0.2) is 30.5 Å². The van der Waals surface area contributed by atoms with Crippen LogP contribution in [0.3, 0.4) is 0 Å². The number of pyridine rings is 1. The van der Waals surface area contributed by atoms with Crippen LogP contribution in [0.2, 0.25) is 10.2 Å². The van der Waals surface area contributed by atoms with Crippen LogP contribution in [0.1, 0.15) is 21.5 Å². The Morgan fingerprint density at radius 3 is 2.32 bits per heavy atom. The molecule has 1 aromatic carbocycles. The van der Waals surface area contributed by atoms with E-state index in [1.165, 1.54) is 12.3 Å². The third-order valence-corrected chi connectivity index (χ3v) is 3.22. The quantitative estimate of drug-likeness (QED) is 0.841. The van der Waals surface area contributed by atoms with Crippen molar-refractivity contribution in [3.8, 4) is 0 Å². The normalized spacial score (nSPS) is 10.3. The van der Waals surface area contributed by atoms with Crippen molar-refractivity contribution in [2.75, 3.05) is 5.32 Å². The van der Waals surface area contributed by atoms with Gasteiger partial charge in [0.25, 0.3) is 5.91 Å². The summed E-state index contributed by atoms with van der Waals surface area (Å²) in [5.41, 5.74) is 3.28. The molecule has 0 fully saturated rings. The van der Waals surface area contributed by atoms with E-state index >= 15 is 0 Å². The average molecular weight is 295 g/mol. The van der Waals surface area contributed by atoms with Gasteiger partial charge < -0.3 is 5.32 Å². The van der Waals surface area contributed by atoms with E-state index in [-0.39, 0.29) is 16.1 Å². The second kappa shape index (κ2) is 5.59. The first-order chi connectivity index (χ1) is 8.95. The van der Waals surface area contributed by atoms with Gasteiger partial charge in [0.2, 0.25) is 0 Å². The van der Waals surface area contributed by atoms with Crippen LogP contribution < -0.4 is 5.32 Å². The van der Waals surface area contributed by atoms with Gasteiger partial charge in [0.1, 0.15) is 5.15 Å². The van der Waals surface area contributed by atoms with Crippen molar-refractivity contribution in [3.05, 3.63) is 57.3 Å². The number of amides is 1. The molecule has 0 aliphatic carbocycles. The fourth-order valence-corrected chi connectivity index (χ4v) is 2.07. The summed E-state index contributed by atoms with van der Waals surface area (Å²) in [6.45, 7) is 3.95. The lowest BCUT2D eigenvalue weighted by atomic mass is 10.1. The molecule has 0 radical (unpaired) electrons. The van der Waals surface area contributed by atoms with Gasteiger partial charge in [-0.15, -0.1) is 0 Å². The highest BCUT2D eigenvalue weighted by Gasteiger charge is 2.09. The largest absolute Gasteiger partial charge is 0.322 e. The van der Waals surface area contributed by atoms with Gasteiger partial charge in [-0.3, -0.25) is 4.79 Å². The number of anilines is 1. The van der Waals surface area contributed by atoms with Gasteiger partial charge in [0, 0.05) is 11.9 Å². The summed E-state index contributed by atoms with van der Waals surface area (Å²) in [5, 5.41) is 3.25. The lowest BCUT2D eigenvalue weighted by Gasteiger charge is -2.08. The van der Waals surface area contributed by atoms with Crippen molar-refractivity contribution in [2.45, 2.75) is 13.8 Å². The molecule has 1 heterocycles. The van der Waals surface area contributed by atoms with Gasteiger partial charge in [-0.2, -0.15) is 0 Å². The maximum atomic E-state index is 12.0. The molecule has 3 nitrogen and oxygen atoms in total. The predicted octanol–water partition coefficient (Wildman–Crippen LogP) is 4.26. The zero-order valence-corrected chi connectivity index (χ0v) is 12.0. The molecule has 0 aliphatic heterocycles. The maximum Gasteiger partial charge on any atom is 0.257 e. The first-order valence-corrected chi connectivity index (χ1v) is 6.42. The highest BCUT2D eigenvalue weighted by molar-refractivity contribution is 6.41. The number of carbonyl (C=O) groups is 1. The van der Waals surface area contributed by atoms with Gasteiger partial charge in [0.05, 0.1) is 10.6 Å². The summed E-state index contributed by atoms with van der Waals surface area (Å²) in [4.78, 5) is 15.9. The molecule has 2 aromatic rings. The Morgan fingerprint density at radius 2 is 1.74 bits per heavy atom. The Bertz CT molecular complexity index is 621.